The molecular formula is C25H21ClN2O4. The van der Waals surface area contributed by atoms with Gasteiger partial charge in [0.15, 0.2) is 6.10 Å². The first-order valence-corrected chi connectivity index (χ1v) is 10.5. The molecule has 0 aliphatic carbocycles. The molecule has 1 unspecified atom stereocenters. The van der Waals surface area contributed by atoms with E-state index in [9.17, 15) is 4.79 Å². The summed E-state index contributed by atoms with van der Waals surface area (Å²) in [5, 5.41) is 1.45. The van der Waals surface area contributed by atoms with Crippen LogP contribution in [0.1, 0.15) is 13.8 Å². The molecule has 0 spiro atoms. The number of carbonyl (C=O) groups is 1. The molecule has 0 N–H and O–H groups in total. The highest BCUT2D eigenvalue weighted by molar-refractivity contribution is 6.31. The Morgan fingerprint density at radius 1 is 0.969 bits per heavy atom. The highest BCUT2D eigenvalue weighted by atomic mass is 35.5. The van der Waals surface area contributed by atoms with Gasteiger partial charge in [-0.3, -0.25) is 0 Å². The normalized spacial score (nSPS) is 11.7. The van der Waals surface area contributed by atoms with Gasteiger partial charge in [0, 0.05) is 16.0 Å². The van der Waals surface area contributed by atoms with Crippen molar-refractivity contribution in [1.82, 2.24) is 9.97 Å². The first kappa shape index (κ1) is 21.6. The summed E-state index contributed by atoms with van der Waals surface area (Å²) in [7, 11) is 0. The highest BCUT2D eigenvalue weighted by Crippen LogP contribution is 2.31. The highest BCUT2D eigenvalue weighted by Gasteiger charge is 2.16. The molecule has 3 aromatic carbocycles. The number of aromatic nitrogens is 2. The molecule has 4 rings (SSSR count). The minimum atomic E-state index is -0.703. The topological polar surface area (TPSA) is 70.5 Å². The second-order valence-electron chi connectivity index (χ2n) is 6.97. The third kappa shape index (κ3) is 4.98. The number of fused-ring (bicyclic) bond motifs is 1. The zero-order valence-electron chi connectivity index (χ0n) is 17.6. The van der Waals surface area contributed by atoms with E-state index in [0.29, 0.717) is 23.1 Å². The molecule has 6 nitrogen and oxygen atoms in total. The molecule has 32 heavy (non-hydrogen) atoms. The lowest BCUT2D eigenvalue weighted by Crippen LogP contribution is -2.25. The molecule has 0 saturated carbocycles. The predicted molar refractivity (Wildman–Crippen MR) is 123 cm³/mol. The minimum absolute atomic E-state index is 0.215. The first-order chi connectivity index (χ1) is 15.5. The fraction of sp³-hybridized carbons (Fsp3) is 0.160. The molecule has 0 fully saturated rings. The number of halogens is 1. The molecule has 0 aliphatic heterocycles. The van der Waals surface area contributed by atoms with Crippen LogP contribution in [0.5, 0.6) is 17.5 Å². The van der Waals surface area contributed by atoms with Crippen LogP contribution in [0.25, 0.3) is 22.2 Å². The fourth-order valence-electron chi connectivity index (χ4n) is 3.14. The summed E-state index contributed by atoms with van der Waals surface area (Å²) in [6.07, 6.45) is -0.703. The molecule has 0 saturated heterocycles. The summed E-state index contributed by atoms with van der Waals surface area (Å²) < 4.78 is 16.5. The van der Waals surface area contributed by atoms with Crippen LogP contribution >= 0.6 is 11.6 Å². The van der Waals surface area contributed by atoms with Gasteiger partial charge in [-0.05, 0) is 56.3 Å². The van der Waals surface area contributed by atoms with Crippen molar-refractivity contribution in [3.8, 4) is 28.8 Å². The van der Waals surface area contributed by atoms with E-state index in [2.05, 4.69) is 9.97 Å². The maximum absolute atomic E-state index is 11.7. The number of rotatable bonds is 7. The van der Waals surface area contributed by atoms with E-state index in [1.807, 2.05) is 42.5 Å². The van der Waals surface area contributed by atoms with Crippen molar-refractivity contribution in [2.75, 3.05) is 6.61 Å². The van der Waals surface area contributed by atoms with Gasteiger partial charge >= 0.3 is 12.0 Å². The molecule has 1 atom stereocenters. The van der Waals surface area contributed by atoms with Gasteiger partial charge < -0.3 is 14.2 Å². The monoisotopic (exact) mass is 448 g/mol. The number of hydrogen-bond donors (Lipinski definition) is 0. The van der Waals surface area contributed by atoms with Crippen molar-refractivity contribution < 1.29 is 19.0 Å². The van der Waals surface area contributed by atoms with Gasteiger partial charge in [-0.2, -0.15) is 9.97 Å². The summed E-state index contributed by atoms with van der Waals surface area (Å²) in [4.78, 5) is 20.9. The number of nitrogens with zero attached hydrogens (tertiary/aromatic N) is 2. The van der Waals surface area contributed by atoms with Crippen LogP contribution in [0.3, 0.4) is 0 Å². The van der Waals surface area contributed by atoms with E-state index in [1.54, 1.807) is 44.2 Å². The third-order valence-corrected chi connectivity index (χ3v) is 4.88. The molecule has 0 bridgehead atoms. The Hall–Kier alpha value is -3.64. The van der Waals surface area contributed by atoms with Gasteiger partial charge in [-0.15, -0.1) is 0 Å². The lowest BCUT2D eigenvalue weighted by Gasteiger charge is -2.14. The van der Waals surface area contributed by atoms with Crippen LogP contribution in [0.15, 0.2) is 72.8 Å². The van der Waals surface area contributed by atoms with E-state index >= 15 is 0 Å². The number of carbonyl (C=O) groups excluding carboxylic acids is 1. The third-order valence-electron chi connectivity index (χ3n) is 4.65. The van der Waals surface area contributed by atoms with Crippen molar-refractivity contribution in [3.05, 3.63) is 77.8 Å². The zero-order valence-corrected chi connectivity index (χ0v) is 18.4. The lowest BCUT2D eigenvalue weighted by atomic mass is 10.1. The van der Waals surface area contributed by atoms with Gasteiger partial charge in [0.25, 0.3) is 0 Å². The first-order valence-electron chi connectivity index (χ1n) is 10.2. The van der Waals surface area contributed by atoms with Crippen molar-refractivity contribution in [2.45, 2.75) is 20.0 Å². The summed E-state index contributed by atoms with van der Waals surface area (Å²) in [6, 6.07) is 22.4. The Morgan fingerprint density at radius 3 is 2.41 bits per heavy atom. The van der Waals surface area contributed by atoms with Crippen molar-refractivity contribution in [1.29, 1.82) is 0 Å². The molecule has 1 heterocycles. The zero-order chi connectivity index (χ0) is 22.5. The molecule has 1 aromatic heterocycles. The maximum atomic E-state index is 11.7. The van der Waals surface area contributed by atoms with E-state index < -0.39 is 12.1 Å². The number of hydrogen-bond acceptors (Lipinski definition) is 6. The fourth-order valence-corrected chi connectivity index (χ4v) is 3.32. The van der Waals surface area contributed by atoms with Crippen molar-refractivity contribution in [2.24, 2.45) is 0 Å². The Bertz CT molecular complexity index is 1230. The average Bonchev–Trinajstić information content (AvgIpc) is 2.81. The summed E-state index contributed by atoms with van der Waals surface area (Å²) in [5.74, 6) is 0.649. The average molecular weight is 449 g/mol. The molecular weight excluding hydrogens is 428 g/mol. The molecule has 7 heteroatoms. The smallest absolute Gasteiger partial charge is 0.347 e. The summed E-state index contributed by atoms with van der Waals surface area (Å²) in [5.41, 5.74) is 2.39. The molecule has 0 aliphatic rings. The van der Waals surface area contributed by atoms with E-state index in [0.717, 1.165) is 22.2 Å². The molecule has 0 amide bonds. The Balaban J connectivity index is 1.59. The SMILES string of the molecule is CCOC(=O)C(C)Oc1ccc(Oc2nc(-c3ccccc3)c3cc(Cl)ccc3n2)cc1. The van der Waals surface area contributed by atoms with Gasteiger partial charge in [-0.1, -0.05) is 41.9 Å². The Kier molecular flexibility index (Phi) is 6.52. The van der Waals surface area contributed by atoms with Crippen LogP contribution in [0.4, 0.5) is 0 Å². The van der Waals surface area contributed by atoms with Crippen LogP contribution in [0, 0.1) is 0 Å². The number of ether oxygens (including phenoxy) is 3. The second-order valence-corrected chi connectivity index (χ2v) is 7.40. The van der Waals surface area contributed by atoms with Gasteiger partial charge in [0.05, 0.1) is 17.8 Å². The largest absolute Gasteiger partial charge is 0.479 e. The van der Waals surface area contributed by atoms with Gasteiger partial charge in [0.1, 0.15) is 11.5 Å². The van der Waals surface area contributed by atoms with Crippen LogP contribution in [-0.2, 0) is 9.53 Å². The summed E-state index contributed by atoms with van der Waals surface area (Å²) in [6.45, 7) is 3.70. The Morgan fingerprint density at radius 2 is 1.69 bits per heavy atom. The maximum Gasteiger partial charge on any atom is 0.347 e. The Labute approximate surface area is 190 Å². The molecule has 0 radical (unpaired) electrons. The minimum Gasteiger partial charge on any atom is -0.479 e. The lowest BCUT2D eigenvalue weighted by molar-refractivity contribution is -0.150. The van der Waals surface area contributed by atoms with Crippen LogP contribution in [-0.4, -0.2) is 28.6 Å². The second kappa shape index (κ2) is 9.66. The standard InChI is InChI=1S/C25H21ClN2O4/c1-3-30-24(29)16(2)31-19-10-12-20(13-11-19)32-25-27-22-14-9-18(26)15-21(22)23(28-25)17-7-5-4-6-8-17/h4-16H,3H2,1-2H3. The number of esters is 1. The van der Waals surface area contributed by atoms with Crippen LogP contribution < -0.4 is 9.47 Å². The van der Waals surface area contributed by atoms with E-state index in [1.165, 1.54) is 0 Å². The van der Waals surface area contributed by atoms with Gasteiger partial charge in [-0.25, -0.2) is 4.79 Å². The van der Waals surface area contributed by atoms with E-state index in [-0.39, 0.29) is 6.01 Å². The van der Waals surface area contributed by atoms with Crippen molar-refractivity contribution in [3.63, 3.8) is 0 Å². The molecule has 4 aromatic rings. The summed E-state index contributed by atoms with van der Waals surface area (Å²) >= 11 is 6.21. The van der Waals surface area contributed by atoms with Crippen molar-refractivity contribution >= 4 is 28.5 Å². The van der Waals surface area contributed by atoms with Gasteiger partial charge in [0.2, 0.25) is 0 Å². The predicted octanol–water partition coefficient (Wildman–Crippen LogP) is 6.07. The van der Waals surface area contributed by atoms with E-state index in [4.69, 9.17) is 25.8 Å². The quantitative estimate of drug-likeness (QED) is 0.319. The molecule has 162 valence electrons. The number of benzene rings is 3. The van der Waals surface area contributed by atoms with Crippen LogP contribution in [0.2, 0.25) is 5.02 Å².